The molecule has 110 valence electrons. The second kappa shape index (κ2) is 7.26. The molecule has 1 aromatic carbocycles. The van der Waals surface area contributed by atoms with E-state index in [1.807, 2.05) is 13.0 Å². The van der Waals surface area contributed by atoms with Crippen molar-refractivity contribution in [3.05, 3.63) is 28.3 Å². The smallest absolute Gasteiger partial charge is 0.313 e. The molecule has 6 heteroatoms. The predicted molar refractivity (Wildman–Crippen MR) is 78.9 cm³/mol. The minimum absolute atomic E-state index is 0.208. The van der Waals surface area contributed by atoms with E-state index in [0.717, 1.165) is 11.1 Å². The SMILES string of the molecule is CCC(CO)NC(=O)C(=O)Nc1c(C)cc(C)cc1Cl. The number of carbonyl (C=O) groups is 2. The first kappa shape index (κ1) is 16.5. The number of hydrogen-bond acceptors (Lipinski definition) is 3. The monoisotopic (exact) mass is 298 g/mol. The Morgan fingerprint density at radius 3 is 2.45 bits per heavy atom. The molecule has 0 fully saturated rings. The van der Waals surface area contributed by atoms with Gasteiger partial charge in [0.2, 0.25) is 0 Å². The van der Waals surface area contributed by atoms with Crippen LogP contribution < -0.4 is 10.6 Å². The number of hydrogen-bond donors (Lipinski definition) is 3. The van der Waals surface area contributed by atoms with Crippen LogP contribution in [0.2, 0.25) is 5.02 Å². The standard InChI is InChI=1S/C14H19ClN2O3/c1-4-10(7-18)16-13(19)14(20)17-12-9(3)5-8(2)6-11(12)15/h5-6,10,18H,4,7H2,1-3H3,(H,16,19)(H,17,20). The molecule has 0 saturated carbocycles. The van der Waals surface area contributed by atoms with Crippen LogP contribution in [0.4, 0.5) is 5.69 Å². The Balaban J connectivity index is 2.78. The van der Waals surface area contributed by atoms with Crippen LogP contribution in [0.3, 0.4) is 0 Å². The highest BCUT2D eigenvalue weighted by molar-refractivity contribution is 6.41. The Labute approximate surface area is 123 Å². The summed E-state index contributed by atoms with van der Waals surface area (Å²) in [5.74, 6) is -1.59. The number of benzene rings is 1. The van der Waals surface area contributed by atoms with Crippen molar-refractivity contribution in [1.29, 1.82) is 0 Å². The van der Waals surface area contributed by atoms with Gasteiger partial charge in [0.25, 0.3) is 0 Å². The molecule has 5 nitrogen and oxygen atoms in total. The molecule has 2 amide bonds. The topological polar surface area (TPSA) is 78.4 Å². The van der Waals surface area contributed by atoms with E-state index in [0.29, 0.717) is 17.1 Å². The summed E-state index contributed by atoms with van der Waals surface area (Å²) in [4.78, 5) is 23.5. The Hall–Kier alpha value is -1.59. The molecule has 1 rings (SSSR count). The normalized spacial score (nSPS) is 11.8. The zero-order valence-corrected chi connectivity index (χ0v) is 12.5. The second-order valence-corrected chi connectivity index (χ2v) is 5.06. The van der Waals surface area contributed by atoms with E-state index in [4.69, 9.17) is 16.7 Å². The van der Waals surface area contributed by atoms with Gasteiger partial charge in [-0.3, -0.25) is 9.59 Å². The summed E-state index contributed by atoms with van der Waals surface area (Å²) in [5, 5.41) is 14.3. The molecule has 3 N–H and O–H groups in total. The quantitative estimate of drug-likeness (QED) is 0.742. The number of aliphatic hydroxyl groups is 1. The molecule has 0 aliphatic rings. The maximum atomic E-state index is 11.8. The Morgan fingerprint density at radius 2 is 1.95 bits per heavy atom. The molecule has 0 aliphatic heterocycles. The summed E-state index contributed by atoms with van der Waals surface area (Å²) < 4.78 is 0. The van der Waals surface area contributed by atoms with Gasteiger partial charge >= 0.3 is 11.8 Å². The van der Waals surface area contributed by atoms with Gasteiger partial charge in [-0.05, 0) is 37.5 Å². The van der Waals surface area contributed by atoms with Gasteiger partial charge in [-0.2, -0.15) is 0 Å². The van der Waals surface area contributed by atoms with Gasteiger partial charge in [-0.1, -0.05) is 24.6 Å². The van der Waals surface area contributed by atoms with Crippen molar-refractivity contribution in [2.24, 2.45) is 0 Å². The van der Waals surface area contributed by atoms with Crippen molar-refractivity contribution in [3.63, 3.8) is 0 Å². The summed E-state index contributed by atoms with van der Waals surface area (Å²) in [7, 11) is 0. The van der Waals surface area contributed by atoms with Crippen LogP contribution >= 0.6 is 11.6 Å². The van der Waals surface area contributed by atoms with Gasteiger partial charge in [-0.25, -0.2) is 0 Å². The molecule has 0 heterocycles. The van der Waals surface area contributed by atoms with Gasteiger partial charge in [0.15, 0.2) is 0 Å². The number of halogens is 1. The molecule has 0 aliphatic carbocycles. The maximum absolute atomic E-state index is 11.8. The number of aryl methyl sites for hydroxylation is 2. The first-order valence-electron chi connectivity index (χ1n) is 6.38. The zero-order chi connectivity index (χ0) is 15.3. The van der Waals surface area contributed by atoms with Crippen molar-refractivity contribution >= 4 is 29.1 Å². The van der Waals surface area contributed by atoms with Gasteiger partial charge in [0.05, 0.1) is 23.4 Å². The molecular formula is C14H19ClN2O3. The van der Waals surface area contributed by atoms with Gasteiger partial charge in [0.1, 0.15) is 0 Å². The summed E-state index contributed by atoms with van der Waals surface area (Å²) in [5.41, 5.74) is 2.18. The van der Waals surface area contributed by atoms with E-state index in [-0.39, 0.29) is 6.61 Å². The summed E-state index contributed by atoms with van der Waals surface area (Å²) in [6.07, 6.45) is 0.542. The van der Waals surface area contributed by atoms with Crippen LogP contribution in [0.15, 0.2) is 12.1 Å². The van der Waals surface area contributed by atoms with Gasteiger partial charge < -0.3 is 15.7 Å². The van der Waals surface area contributed by atoms with Crippen molar-refractivity contribution in [3.8, 4) is 0 Å². The number of aliphatic hydroxyl groups excluding tert-OH is 1. The number of anilines is 1. The largest absolute Gasteiger partial charge is 0.394 e. The van der Waals surface area contributed by atoms with Crippen LogP contribution in [0.5, 0.6) is 0 Å². The zero-order valence-electron chi connectivity index (χ0n) is 11.8. The van der Waals surface area contributed by atoms with Crippen LogP contribution in [0, 0.1) is 13.8 Å². The van der Waals surface area contributed by atoms with Gasteiger partial charge in [-0.15, -0.1) is 0 Å². The van der Waals surface area contributed by atoms with E-state index in [1.54, 1.807) is 19.9 Å². The Kier molecular flexibility index (Phi) is 5.98. The number of carbonyl (C=O) groups excluding carboxylic acids is 2. The van der Waals surface area contributed by atoms with Crippen LogP contribution in [0.1, 0.15) is 24.5 Å². The molecule has 0 aromatic heterocycles. The Morgan fingerprint density at radius 1 is 1.30 bits per heavy atom. The predicted octanol–water partition coefficient (Wildman–Crippen LogP) is 1.78. The fourth-order valence-electron chi connectivity index (χ4n) is 1.77. The average molecular weight is 299 g/mol. The van der Waals surface area contributed by atoms with E-state index in [1.165, 1.54) is 0 Å². The highest BCUT2D eigenvalue weighted by atomic mass is 35.5. The van der Waals surface area contributed by atoms with Crippen molar-refractivity contribution in [2.45, 2.75) is 33.2 Å². The third-order valence-electron chi connectivity index (χ3n) is 2.92. The summed E-state index contributed by atoms with van der Waals surface area (Å²) in [6.45, 7) is 5.29. The molecule has 0 bridgehead atoms. The van der Waals surface area contributed by atoms with E-state index >= 15 is 0 Å². The fourth-order valence-corrected chi connectivity index (χ4v) is 2.14. The van der Waals surface area contributed by atoms with Crippen molar-refractivity contribution in [2.75, 3.05) is 11.9 Å². The number of rotatable bonds is 4. The number of nitrogens with one attached hydrogen (secondary N) is 2. The Bertz CT molecular complexity index is 490. The lowest BCUT2D eigenvalue weighted by atomic mass is 10.1. The molecule has 1 aromatic rings. The summed E-state index contributed by atoms with van der Waals surface area (Å²) in [6, 6.07) is 3.15. The first-order valence-corrected chi connectivity index (χ1v) is 6.76. The lowest BCUT2D eigenvalue weighted by Gasteiger charge is -2.15. The van der Waals surface area contributed by atoms with Gasteiger partial charge in [0, 0.05) is 0 Å². The average Bonchev–Trinajstić information content (AvgIpc) is 2.39. The molecule has 0 spiro atoms. The second-order valence-electron chi connectivity index (χ2n) is 4.65. The maximum Gasteiger partial charge on any atom is 0.313 e. The molecule has 1 atom stereocenters. The van der Waals surface area contributed by atoms with E-state index in [2.05, 4.69) is 10.6 Å². The molecule has 0 radical (unpaired) electrons. The highest BCUT2D eigenvalue weighted by Crippen LogP contribution is 2.27. The lowest BCUT2D eigenvalue weighted by Crippen LogP contribution is -2.43. The fraction of sp³-hybridized carbons (Fsp3) is 0.429. The first-order chi connectivity index (χ1) is 9.38. The minimum atomic E-state index is -0.800. The van der Waals surface area contributed by atoms with E-state index < -0.39 is 17.9 Å². The molecular weight excluding hydrogens is 280 g/mol. The molecule has 20 heavy (non-hydrogen) atoms. The minimum Gasteiger partial charge on any atom is -0.394 e. The van der Waals surface area contributed by atoms with Crippen LogP contribution in [-0.2, 0) is 9.59 Å². The third kappa shape index (κ3) is 4.21. The van der Waals surface area contributed by atoms with Crippen molar-refractivity contribution < 1.29 is 14.7 Å². The van der Waals surface area contributed by atoms with Crippen LogP contribution in [0.25, 0.3) is 0 Å². The van der Waals surface area contributed by atoms with E-state index in [9.17, 15) is 9.59 Å². The number of amides is 2. The van der Waals surface area contributed by atoms with Crippen LogP contribution in [-0.4, -0.2) is 29.6 Å². The highest BCUT2D eigenvalue weighted by Gasteiger charge is 2.19. The third-order valence-corrected chi connectivity index (χ3v) is 3.22. The molecule has 0 saturated heterocycles. The van der Waals surface area contributed by atoms with Crippen molar-refractivity contribution in [1.82, 2.24) is 5.32 Å². The lowest BCUT2D eigenvalue weighted by molar-refractivity contribution is -0.136. The molecule has 1 unspecified atom stereocenters. The summed E-state index contributed by atoms with van der Waals surface area (Å²) >= 11 is 6.06.